The molecule has 1 aliphatic rings. The van der Waals surface area contributed by atoms with Crippen LogP contribution in [-0.4, -0.2) is 30.4 Å². The first-order valence-corrected chi connectivity index (χ1v) is 6.75. The number of nitrogen functional groups attached to an aromatic ring is 1. The molecule has 0 spiro atoms. The van der Waals surface area contributed by atoms with Crippen LogP contribution in [0.25, 0.3) is 0 Å². The number of para-hydroxylation sites is 1. The summed E-state index contributed by atoms with van der Waals surface area (Å²) in [7, 11) is 0. The third-order valence-electron chi connectivity index (χ3n) is 3.69. The van der Waals surface area contributed by atoms with Crippen LogP contribution < -0.4 is 11.1 Å². The minimum Gasteiger partial charge on any atom is -0.397 e. The van der Waals surface area contributed by atoms with Crippen LogP contribution in [0.3, 0.4) is 0 Å². The number of aryl methyl sites for hydroxylation is 1. The second-order valence-corrected chi connectivity index (χ2v) is 6.21. The third-order valence-corrected chi connectivity index (χ3v) is 3.69. The molecule has 1 amide bonds. The van der Waals surface area contributed by atoms with Crippen molar-refractivity contribution in [2.24, 2.45) is 5.41 Å². The number of hydrogen-bond donors (Lipinski definition) is 2. The SMILES string of the molecule is Cc1cccc(N)c1NC(=O)CN1CCC(C)(C)C1. The number of nitrogens with two attached hydrogens (primary N) is 1. The lowest BCUT2D eigenvalue weighted by atomic mass is 9.93. The van der Waals surface area contributed by atoms with Crippen LogP contribution in [0.5, 0.6) is 0 Å². The van der Waals surface area contributed by atoms with Gasteiger partial charge in [0.25, 0.3) is 0 Å². The topological polar surface area (TPSA) is 58.4 Å². The van der Waals surface area contributed by atoms with Crippen molar-refractivity contribution in [3.63, 3.8) is 0 Å². The van der Waals surface area contributed by atoms with Crippen molar-refractivity contribution < 1.29 is 4.79 Å². The molecule has 1 aromatic carbocycles. The fourth-order valence-corrected chi connectivity index (χ4v) is 2.60. The van der Waals surface area contributed by atoms with Crippen LogP contribution >= 0.6 is 0 Å². The van der Waals surface area contributed by atoms with E-state index in [4.69, 9.17) is 5.73 Å². The Morgan fingerprint density at radius 1 is 1.47 bits per heavy atom. The average molecular weight is 261 g/mol. The summed E-state index contributed by atoms with van der Waals surface area (Å²) in [5.74, 6) is 0.0127. The van der Waals surface area contributed by atoms with E-state index in [1.54, 1.807) is 0 Å². The predicted octanol–water partition coefficient (Wildman–Crippen LogP) is 2.25. The molecule has 0 unspecified atom stereocenters. The Bertz CT molecular complexity index is 462. The highest BCUT2D eigenvalue weighted by atomic mass is 16.2. The lowest BCUT2D eigenvalue weighted by Gasteiger charge is -2.19. The number of benzene rings is 1. The maximum Gasteiger partial charge on any atom is 0.238 e. The standard InChI is InChI=1S/C15H23N3O/c1-11-5-4-6-12(16)14(11)17-13(19)9-18-8-7-15(2,3)10-18/h4-6H,7-10,16H2,1-3H3,(H,17,19). The molecule has 1 fully saturated rings. The van der Waals surface area contributed by atoms with Crippen LogP contribution in [0.1, 0.15) is 25.8 Å². The van der Waals surface area contributed by atoms with E-state index >= 15 is 0 Å². The summed E-state index contributed by atoms with van der Waals surface area (Å²) < 4.78 is 0. The molecule has 2 rings (SSSR count). The molecule has 1 saturated heterocycles. The summed E-state index contributed by atoms with van der Waals surface area (Å²) in [6, 6.07) is 5.65. The summed E-state index contributed by atoms with van der Waals surface area (Å²) in [4.78, 5) is 14.3. The summed E-state index contributed by atoms with van der Waals surface area (Å²) in [5, 5.41) is 2.93. The number of rotatable bonds is 3. The second-order valence-electron chi connectivity index (χ2n) is 6.21. The molecule has 0 aromatic heterocycles. The molecule has 0 radical (unpaired) electrons. The van der Waals surface area contributed by atoms with E-state index in [1.807, 2.05) is 25.1 Å². The zero-order valence-electron chi connectivity index (χ0n) is 12.0. The first-order chi connectivity index (χ1) is 8.87. The Labute approximate surface area is 115 Å². The summed E-state index contributed by atoms with van der Waals surface area (Å²) in [6.07, 6.45) is 1.15. The summed E-state index contributed by atoms with van der Waals surface area (Å²) in [5.41, 5.74) is 8.57. The molecule has 104 valence electrons. The van der Waals surface area contributed by atoms with Gasteiger partial charge >= 0.3 is 0 Å². The van der Waals surface area contributed by atoms with Gasteiger partial charge in [0, 0.05) is 6.54 Å². The van der Waals surface area contributed by atoms with Crippen molar-refractivity contribution in [1.29, 1.82) is 0 Å². The summed E-state index contributed by atoms with van der Waals surface area (Å²) >= 11 is 0. The van der Waals surface area contributed by atoms with Gasteiger partial charge in [-0.15, -0.1) is 0 Å². The average Bonchev–Trinajstić information content (AvgIpc) is 2.63. The van der Waals surface area contributed by atoms with Crippen LogP contribution in [0.15, 0.2) is 18.2 Å². The molecular weight excluding hydrogens is 238 g/mol. The molecule has 4 heteroatoms. The highest BCUT2D eigenvalue weighted by Gasteiger charge is 2.30. The second kappa shape index (κ2) is 5.21. The van der Waals surface area contributed by atoms with Gasteiger partial charge in [0.2, 0.25) is 5.91 Å². The van der Waals surface area contributed by atoms with Gasteiger partial charge in [0.15, 0.2) is 0 Å². The minimum atomic E-state index is 0.0127. The number of amides is 1. The molecular formula is C15H23N3O. The van der Waals surface area contributed by atoms with Crippen LogP contribution in [0.2, 0.25) is 0 Å². The smallest absolute Gasteiger partial charge is 0.238 e. The van der Waals surface area contributed by atoms with E-state index in [0.29, 0.717) is 17.6 Å². The molecule has 1 heterocycles. The zero-order valence-corrected chi connectivity index (χ0v) is 12.0. The van der Waals surface area contributed by atoms with Crippen molar-refractivity contribution >= 4 is 17.3 Å². The molecule has 1 aromatic rings. The Kier molecular flexibility index (Phi) is 3.80. The highest BCUT2D eigenvalue weighted by molar-refractivity contribution is 5.96. The quantitative estimate of drug-likeness (QED) is 0.820. The summed E-state index contributed by atoms with van der Waals surface area (Å²) in [6.45, 7) is 8.84. The monoisotopic (exact) mass is 261 g/mol. The van der Waals surface area contributed by atoms with E-state index in [-0.39, 0.29) is 5.91 Å². The molecule has 0 saturated carbocycles. The van der Waals surface area contributed by atoms with Crippen molar-refractivity contribution in [2.75, 3.05) is 30.7 Å². The van der Waals surface area contributed by atoms with Gasteiger partial charge < -0.3 is 11.1 Å². The number of nitrogens with one attached hydrogen (secondary N) is 1. The highest BCUT2D eigenvalue weighted by Crippen LogP contribution is 2.28. The predicted molar refractivity (Wildman–Crippen MR) is 79.1 cm³/mol. The van der Waals surface area contributed by atoms with Crippen LogP contribution in [0.4, 0.5) is 11.4 Å². The molecule has 0 bridgehead atoms. The first kappa shape index (κ1) is 13.9. The van der Waals surface area contributed by atoms with Crippen molar-refractivity contribution in [3.8, 4) is 0 Å². The molecule has 1 aliphatic heterocycles. The van der Waals surface area contributed by atoms with Crippen LogP contribution in [-0.2, 0) is 4.79 Å². The maximum atomic E-state index is 12.1. The van der Waals surface area contributed by atoms with Gasteiger partial charge in [-0.3, -0.25) is 9.69 Å². The Hall–Kier alpha value is -1.55. The van der Waals surface area contributed by atoms with E-state index in [0.717, 1.165) is 30.8 Å². The van der Waals surface area contributed by atoms with Crippen molar-refractivity contribution in [2.45, 2.75) is 27.2 Å². The lowest BCUT2D eigenvalue weighted by molar-refractivity contribution is -0.117. The third kappa shape index (κ3) is 3.47. The number of likely N-dealkylation sites (tertiary alicyclic amines) is 1. The Balaban J connectivity index is 1.95. The van der Waals surface area contributed by atoms with E-state index in [1.165, 1.54) is 0 Å². The number of carbonyl (C=O) groups excluding carboxylic acids is 1. The van der Waals surface area contributed by atoms with E-state index in [9.17, 15) is 4.79 Å². The number of carbonyl (C=O) groups is 1. The normalized spacial score (nSPS) is 18.5. The van der Waals surface area contributed by atoms with Crippen molar-refractivity contribution in [1.82, 2.24) is 4.90 Å². The van der Waals surface area contributed by atoms with Gasteiger partial charge in [-0.25, -0.2) is 0 Å². The van der Waals surface area contributed by atoms with Crippen LogP contribution in [0, 0.1) is 12.3 Å². The van der Waals surface area contributed by atoms with E-state index < -0.39 is 0 Å². The maximum absolute atomic E-state index is 12.1. The molecule has 19 heavy (non-hydrogen) atoms. The minimum absolute atomic E-state index is 0.0127. The fraction of sp³-hybridized carbons (Fsp3) is 0.533. The fourth-order valence-electron chi connectivity index (χ4n) is 2.60. The number of hydrogen-bond acceptors (Lipinski definition) is 3. The molecule has 4 nitrogen and oxygen atoms in total. The van der Waals surface area contributed by atoms with Gasteiger partial charge in [-0.05, 0) is 36.9 Å². The molecule has 0 aliphatic carbocycles. The lowest BCUT2D eigenvalue weighted by Crippen LogP contribution is -2.32. The molecule has 3 N–H and O–H groups in total. The van der Waals surface area contributed by atoms with Gasteiger partial charge in [-0.1, -0.05) is 26.0 Å². The number of nitrogens with zero attached hydrogens (tertiary/aromatic N) is 1. The first-order valence-electron chi connectivity index (χ1n) is 6.75. The van der Waals surface area contributed by atoms with Gasteiger partial charge in [0.1, 0.15) is 0 Å². The zero-order chi connectivity index (χ0) is 14.0. The number of anilines is 2. The van der Waals surface area contributed by atoms with Crippen molar-refractivity contribution in [3.05, 3.63) is 23.8 Å². The largest absolute Gasteiger partial charge is 0.397 e. The van der Waals surface area contributed by atoms with Gasteiger partial charge in [0.05, 0.1) is 17.9 Å². The Morgan fingerprint density at radius 3 is 2.79 bits per heavy atom. The van der Waals surface area contributed by atoms with E-state index in [2.05, 4.69) is 24.1 Å². The van der Waals surface area contributed by atoms with Gasteiger partial charge in [-0.2, -0.15) is 0 Å². The molecule has 0 atom stereocenters. The Morgan fingerprint density at radius 2 is 2.21 bits per heavy atom.